The van der Waals surface area contributed by atoms with Crippen LogP contribution in [0.3, 0.4) is 0 Å². The number of carbonyl (C=O) groups excluding carboxylic acids is 1. The van der Waals surface area contributed by atoms with E-state index in [1.807, 2.05) is 0 Å². The van der Waals surface area contributed by atoms with E-state index in [0.717, 1.165) is 0 Å². The Hall–Kier alpha value is -3.36. The molecule has 1 amide bonds. The minimum atomic E-state index is -0.333. The highest BCUT2D eigenvalue weighted by molar-refractivity contribution is 5.96. The molecule has 0 atom stereocenters. The Balaban J connectivity index is 1.67. The summed E-state index contributed by atoms with van der Waals surface area (Å²) in [4.78, 5) is 24.1. The standard InChI is InChI=1S/C16H17N5O4/c1-20-10-11(16(19-20)24-2)15(23)17-7-8-21-14(22)6-5-12(18-21)13-4-3-9-25-13/h3-6,9-10H,7-8H2,1-2H3,(H,17,23). The van der Waals surface area contributed by atoms with Crippen molar-refractivity contribution < 1.29 is 13.9 Å². The molecule has 0 aliphatic carbocycles. The number of aryl methyl sites for hydroxylation is 1. The van der Waals surface area contributed by atoms with Crippen LogP contribution in [0.1, 0.15) is 10.4 Å². The summed E-state index contributed by atoms with van der Waals surface area (Å²) in [5.41, 5.74) is 0.614. The van der Waals surface area contributed by atoms with Gasteiger partial charge in [0.2, 0.25) is 5.88 Å². The third kappa shape index (κ3) is 3.60. The van der Waals surface area contributed by atoms with E-state index in [2.05, 4.69) is 15.5 Å². The molecule has 0 radical (unpaired) electrons. The maximum absolute atomic E-state index is 12.2. The summed E-state index contributed by atoms with van der Waals surface area (Å²) < 4.78 is 13.1. The SMILES string of the molecule is COc1nn(C)cc1C(=O)NCCn1nc(-c2ccco2)ccc1=O. The molecule has 0 aromatic carbocycles. The number of ether oxygens (including phenoxy) is 1. The summed E-state index contributed by atoms with van der Waals surface area (Å²) in [6.07, 6.45) is 3.10. The molecule has 0 saturated carbocycles. The lowest BCUT2D eigenvalue weighted by atomic mass is 10.3. The van der Waals surface area contributed by atoms with Gasteiger partial charge < -0.3 is 14.5 Å². The molecule has 3 aromatic rings. The molecule has 0 aliphatic rings. The lowest BCUT2D eigenvalue weighted by Crippen LogP contribution is -2.32. The molecule has 1 N–H and O–H groups in total. The highest BCUT2D eigenvalue weighted by atomic mass is 16.5. The van der Waals surface area contributed by atoms with E-state index in [9.17, 15) is 9.59 Å². The lowest BCUT2D eigenvalue weighted by Gasteiger charge is -2.07. The van der Waals surface area contributed by atoms with E-state index in [0.29, 0.717) is 17.0 Å². The van der Waals surface area contributed by atoms with Gasteiger partial charge in [0, 0.05) is 25.9 Å². The number of methoxy groups -OCH3 is 1. The van der Waals surface area contributed by atoms with Gasteiger partial charge in [-0.1, -0.05) is 0 Å². The predicted octanol–water partition coefficient (Wildman–Crippen LogP) is 0.675. The van der Waals surface area contributed by atoms with Crippen molar-refractivity contribution in [2.24, 2.45) is 7.05 Å². The van der Waals surface area contributed by atoms with Gasteiger partial charge in [0.25, 0.3) is 11.5 Å². The lowest BCUT2D eigenvalue weighted by molar-refractivity contribution is 0.0948. The zero-order valence-corrected chi connectivity index (χ0v) is 13.8. The molecular formula is C16H17N5O4. The molecule has 0 fully saturated rings. The summed E-state index contributed by atoms with van der Waals surface area (Å²) in [7, 11) is 3.14. The van der Waals surface area contributed by atoms with E-state index in [1.165, 1.54) is 28.8 Å². The molecule has 25 heavy (non-hydrogen) atoms. The second kappa shape index (κ2) is 7.04. The summed E-state index contributed by atoms with van der Waals surface area (Å²) >= 11 is 0. The van der Waals surface area contributed by atoms with Crippen molar-refractivity contribution in [1.29, 1.82) is 0 Å². The molecule has 0 saturated heterocycles. The third-order valence-electron chi connectivity index (χ3n) is 3.48. The Bertz CT molecular complexity index is 926. The second-order valence-corrected chi connectivity index (χ2v) is 5.24. The van der Waals surface area contributed by atoms with Crippen LogP contribution in [0.25, 0.3) is 11.5 Å². The first kappa shape index (κ1) is 16.5. The molecule has 0 spiro atoms. The first-order chi connectivity index (χ1) is 12.1. The molecule has 0 bridgehead atoms. The van der Waals surface area contributed by atoms with E-state index in [4.69, 9.17) is 9.15 Å². The van der Waals surface area contributed by atoms with Crippen molar-refractivity contribution in [1.82, 2.24) is 24.9 Å². The molecule has 0 aliphatic heterocycles. The Morgan fingerprint density at radius 1 is 1.32 bits per heavy atom. The zero-order valence-electron chi connectivity index (χ0n) is 13.8. The maximum Gasteiger partial charge on any atom is 0.266 e. The molecule has 9 heteroatoms. The van der Waals surface area contributed by atoms with Crippen LogP contribution in [0.15, 0.2) is 45.9 Å². The van der Waals surface area contributed by atoms with Crippen molar-refractivity contribution in [3.8, 4) is 17.3 Å². The first-order valence-electron chi connectivity index (χ1n) is 7.56. The van der Waals surface area contributed by atoms with Gasteiger partial charge in [-0.15, -0.1) is 5.10 Å². The van der Waals surface area contributed by atoms with Crippen LogP contribution in [0.4, 0.5) is 0 Å². The van der Waals surface area contributed by atoms with Crippen molar-refractivity contribution in [3.05, 3.63) is 52.6 Å². The Morgan fingerprint density at radius 2 is 2.16 bits per heavy atom. The maximum atomic E-state index is 12.2. The fourth-order valence-electron chi connectivity index (χ4n) is 2.31. The number of aromatic nitrogens is 4. The number of nitrogens with one attached hydrogen (secondary N) is 1. The third-order valence-corrected chi connectivity index (χ3v) is 3.48. The molecule has 3 aromatic heterocycles. The van der Waals surface area contributed by atoms with Gasteiger partial charge >= 0.3 is 0 Å². The Kier molecular flexibility index (Phi) is 4.64. The predicted molar refractivity (Wildman–Crippen MR) is 88.3 cm³/mol. The number of amides is 1. The number of rotatable bonds is 6. The average molecular weight is 343 g/mol. The first-order valence-corrected chi connectivity index (χ1v) is 7.56. The molecule has 3 rings (SSSR count). The minimum Gasteiger partial charge on any atom is -0.479 e. The smallest absolute Gasteiger partial charge is 0.266 e. The molecule has 9 nitrogen and oxygen atoms in total. The van der Waals surface area contributed by atoms with Crippen molar-refractivity contribution >= 4 is 5.91 Å². The molecule has 3 heterocycles. The highest BCUT2D eigenvalue weighted by Gasteiger charge is 2.16. The van der Waals surface area contributed by atoms with Gasteiger partial charge in [-0.2, -0.15) is 5.10 Å². The number of hydrogen-bond donors (Lipinski definition) is 1. The van der Waals surface area contributed by atoms with Gasteiger partial charge in [-0.05, 0) is 18.2 Å². The van der Waals surface area contributed by atoms with Crippen LogP contribution in [-0.4, -0.2) is 39.1 Å². The molecular weight excluding hydrogens is 326 g/mol. The molecule has 130 valence electrons. The van der Waals surface area contributed by atoms with E-state index < -0.39 is 0 Å². The van der Waals surface area contributed by atoms with Crippen molar-refractivity contribution in [3.63, 3.8) is 0 Å². The summed E-state index contributed by atoms with van der Waals surface area (Å²) in [6.45, 7) is 0.451. The van der Waals surface area contributed by atoms with E-state index >= 15 is 0 Å². The van der Waals surface area contributed by atoms with Gasteiger partial charge in [0.15, 0.2) is 5.76 Å². The topological polar surface area (TPSA) is 104 Å². The van der Waals surface area contributed by atoms with Crippen LogP contribution < -0.4 is 15.6 Å². The minimum absolute atomic E-state index is 0.224. The molecule has 0 unspecified atom stereocenters. The second-order valence-electron chi connectivity index (χ2n) is 5.24. The van der Waals surface area contributed by atoms with Crippen molar-refractivity contribution in [2.45, 2.75) is 6.54 Å². The fraction of sp³-hybridized carbons (Fsp3) is 0.250. The van der Waals surface area contributed by atoms with Crippen LogP contribution in [-0.2, 0) is 13.6 Å². The summed E-state index contributed by atoms with van der Waals surface area (Å²) in [6, 6.07) is 6.51. The number of carbonyl (C=O) groups is 1. The van der Waals surface area contributed by atoms with Gasteiger partial charge in [-0.3, -0.25) is 14.3 Å². The monoisotopic (exact) mass is 343 g/mol. The van der Waals surface area contributed by atoms with Crippen LogP contribution >= 0.6 is 0 Å². The fourth-order valence-corrected chi connectivity index (χ4v) is 2.31. The van der Waals surface area contributed by atoms with Crippen LogP contribution in [0.2, 0.25) is 0 Å². The normalized spacial score (nSPS) is 10.6. The van der Waals surface area contributed by atoms with E-state index in [-0.39, 0.29) is 30.4 Å². The highest BCUT2D eigenvalue weighted by Crippen LogP contribution is 2.15. The van der Waals surface area contributed by atoms with Crippen LogP contribution in [0.5, 0.6) is 5.88 Å². The number of furan rings is 1. The number of nitrogens with zero attached hydrogens (tertiary/aromatic N) is 4. The van der Waals surface area contributed by atoms with Crippen molar-refractivity contribution in [2.75, 3.05) is 13.7 Å². The Labute approximate surface area is 142 Å². The summed E-state index contributed by atoms with van der Waals surface area (Å²) in [5.74, 6) is 0.480. The zero-order chi connectivity index (χ0) is 17.8. The van der Waals surface area contributed by atoms with Crippen LogP contribution in [0, 0.1) is 0 Å². The Morgan fingerprint density at radius 3 is 2.88 bits per heavy atom. The van der Waals surface area contributed by atoms with Gasteiger partial charge in [0.1, 0.15) is 11.3 Å². The van der Waals surface area contributed by atoms with Gasteiger partial charge in [0.05, 0.1) is 19.9 Å². The van der Waals surface area contributed by atoms with Gasteiger partial charge in [-0.25, -0.2) is 4.68 Å². The average Bonchev–Trinajstić information content (AvgIpc) is 3.25. The largest absolute Gasteiger partial charge is 0.479 e. The quantitative estimate of drug-likeness (QED) is 0.706. The summed E-state index contributed by atoms with van der Waals surface area (Å²) in [5, 5.41) is 11.0. The van der Waals surface area contributed by atoms with E-state index in [1.54, 1.807) is 31.4 Å². The number of hydrogen-bond acceptors (Lipinski definition) is 6.